The lowest BCUT2D eigenvalue weighted by Gasteiger charge is -2.14. The molecule has 0 unspecified atom stereocenters. The molecule has 2 rings (SSSR count). The minimum Gasteiger partial charge on any atom is -0.490 e. The first-order chi connectivity index (χ1) is 9.35. The summed E-state index contributed by atoms with van der Waals surface area (Å²) in [6.45, 7) is 3.01. The number of para-hydroxylation sites is 1. The summed E-state index contributed by atoms with van der Waals surface area (Å²) in [7, 11) is 0. The zero-order valence-corrected chi connectivity index (χ0v) is 11.6. The number of hydrogen-bond acceptors (Lipinski definition) is 3. The molecule has 0 aliphatic carbocycles. The minimum absolute atomic E-state index is 0.395. The number of pyridine rings is 1. The lowest BCUT2D eigenvalue weighted by Crippen LogP contribution is -2.02. The van der Waals surface area contributed by atoms with Gasteiger partial charge in [-0.1, -0.05) is 12.1 Å². The van der Waals surface area contributed by atoms with Crippen molar-refractivity contribution in [1.29, 1.82) is 0 Å². The van der Waals surface area contributed by atoms with E-state index in [1.165, 1.54) is 0 Å². The van der Waals surface area contributed by atoms with Crippen molar-refractivity contribution in [2.75, 3.05) is 6.61 Å². The lowest BCUT2D eigenvalue weighted by molar-refractivity contribution is 0.267. The summed E-state index contributed by atoms with van der Waals surface area (Å²) in [6, 6.07) is 9.59. The van der Waals surface area contributed by atoms with Gasteiger partial charge in [-0.2, -0.15) is 0 Å². The molecule has 0 saturated heterocycles. The van der Waals surface area contributed by atoms with E-state index in [0.717, 1.165) is 22.6 Å². The Kier molecular flexibility index (Phi) is 5.04. The van der Waals surface area contributed by atoms with E-state index in [2.05, 4.69) is 4.98 Å². The van der Waals surface area contributed by atoms with Gasteiger partial charge in [-0.3, -0.25) is 4.98 Å². The standard InChI is InChI=1S/C15H16ClNO2/c1-2-18-14-5-3-4-13(10-16)15(14)19-11-12-6-8-17-9-7-12/h3-9H,2,10-11H2,1H3. The molecule has 0 spiro atoms. The van der Waals surface area contributed by atoms with Crippen LogP contribution in [0.2, 0.25) is 0 Å². The van der Waals surface area contributed by atoms with Crippen molar-refractivity contribution in [3.63, 3.8) is 0 Å². The van der Waals surface area contributed by atoms with Crippen LogP contribution < -0.4 is 9.47 Å². The topological polar surface area (TPSA) is 31.4 Å². The summed E-state index contributed by atoms with van der Waals surface area (Å²) in [5, 5.41) is 0. The van der Waals surface area contributed by atoms with Crippen LogP contribution in [0.15, 0.2) is 42.7 Å². The van der Waals surface area contributed by atoms with Crippen LogP contribution in [-0.2, 0) is 12.5 Å². The Labute approximate surface area is 118 Å². The fraction of sp³-hybridized carbons (Fsp3) is 0.267. The van der Waals surface area contributed by atoms with Gasteiger partial charge in [0.2, 0.25) is 0 Å². The van der Waals surface area contributed by atoms with Crippen LogP contribution in [0.3, 0.4) is 0 Å². The molecule has 4 heteroatoms. The molecule has 0 amide bonds. The first-order valence-electron chi connectivity index (χ1n) is 6.17. The van der Waals surface area contributed by atoms with E-state index in [1.54, 1.807) is 12.4 Å². The van der Waals surface area contributed by atoms with E-state index in [1.807, 2.05) is 37.3 Å². The Bertz CT molecular complexity index is 517. The Balaban J connectivity index is 2.17. The highest BCUT2D eigenvalue weighted by Gasteiger charge is 2.10. The van der Waals surface area contributed by atoms with Crippen LogP contribution >= 0.6 is 11.6 Å². The molecule has 100 valence electrons. The van der Waals surface area contributed by atoms with Gasteiger partial charge in [0, 0.05) is 18.0 Å². The molecular weight excluding hydrogens is 262 g/mol. The van der Waals surface area contributed by atoms with Crippen molar-refractivity contribution >= 4 is 11.6 Å². The Morgan fingerprint density at radius 1 is 1.11 bits per heavy atom. The number of aromatic nitrogens is 1. The highest BCUT2D eigenvalue weighted by atomic mass is 35.5. The minimum atomic E-state index is 0.395. The molecule has 0 aliphatic heterocycles. The summed E-state index contributed by atoms with van der Waals surface area (Å²) < 4.78 is 11.4. The van der Waals surface area contributed by atoms with Crippen LogP contribution in [0, 0.1) is 0 Å². The molecule has 0 N–H and O–H groups in total. The summed E-state index contributed by atoms with van der Waals surface area (Å²) in [5.41, 5.74) is 1.99. The predicted molar refractivity (Wildman–Crippen MR) is 75.7 cm³/mol. The molecule has 19 heavy (non-hydrogen) atoms. The van der Waals surface area contributed by atoms with Gasteiger partial charge in [0.1, 0.15) is 6.61 Å². The fourth-order valence-corrected chi connectivity index (χ4v) is 1.94. The van der Waals surface area contributed by atoms with Gasteiger partial charge < -0.3 is 9.47 Å². The summed E-state index contributed by atoms with van der Waals surface area (Å²) in [6.07, 6.45) is 3.49. The number of benzene rings is 1. The van der Waals surface area contributed by atoms with Gasteiger partial charge in [0.05, 0.1) is 12.5 Å². The summed E-state index contributed by atoms with van der Waals surface area (Å²) in [4.78, 5) is 3.98. The average molecular weight is 278 g/mol. The lowest BCUT2D eigenvalue weighted by atomic mass is 10.2. The smallest absolute Gasteiger partial charge is 0.166 e. The third-order valence-corrected chi connectivity index (χ3v) is 2.92. The number of halogens is 1. The number of alkyl halides is 1. The molecule has 0 saturated carbocycles. The monoisotopic (exact) mass is 277 g/mol. The van der Waals surface area contributed by atoms with E-state index in [0.29, 0.717) is 19.1 Å². The van der Waals surface area contributed by atoms with Gasteiger partial charge in [0.25, 0.3) is 0 Å². The van der Waals surface area contributed by atoms with E-state index in [9.17, 15) is 0 Å². The van der Waals surface area contributed by atoms with Gasteiger partial charge in [0.15, 0.2) is 11.5 Å². The summed E-state index contributed by atoms with van der Waals surface area (Å²) >= 11 is 5.94. The number of nitrogens with zero attached hydrogens (tertiary/aromatic N) is 1. The van der Waals surface area contributed by atoms with Crippen LogP contribution in [0.5, 0.6) is 11.5 Å². The van der Waals surface area contributed by atoms with E-state index in [-0.39, 0.29) is 0 Å². The third kappa shape index (κ3) is 3.61. The highest BCUT2D eigenvalue weighted by molar-refractivity contribution is 6.17. The fourth-order valence-electron chi connectivity index (χ4n) is 1.73. The van der Waals surface area contributed by atoms with Crippen molar-refractivity contribution in [3.05, 3.63) is 53.9 Å². The number of hydrogen-bond donors (Lipinski definition) is 0. The zero-order valence-electron chi connectivity index (χ0n) is 10.8. The maximum atomic E-state index is 5.94. The SMILES string of the molecule is CCOc1cccc(CCl)c1OCc1ccncc1. The van der Waals surface area contributed by atoms with Crippen molar-refractivity contribution < 1.29 is 9.47 Å². The molecule has 0 fully saturated rings. The molecule has 1 heterocycles. The van der Waals surface area contributed by atoms with Crippen molar-refractivity contribution in [2.45, 2.75) is 19.4 Å². The maximum Gasteiger partial charge on any atom is 0.166 e. The Hall–Kier alpha value is -1.74. The molecule has 2 aromatic rings. The maximum absolute atomic E-state index is 5.94. The van der Waals surface area contributed by atoms with Crippen LogP contribution in [0.1, 0.15) is 18.1 Å². The normalized spacial score (nSPS) is 10.2. The number of ether oxygens (including phenoxy) is 2. The van der Waals surface area contributed by atoms with E-state index < -0.39 is 0 Å². The van der Waals surface area contributed by atoms with Crippen molar-refractivity contribution in [1.82, 2.24) is 4.98 Å². The zero-order chi connectivity index (χ0) is 13.5. The highest BCUT2D eigenvalue weighted by Crippen LogP contribution is 2.33. The second-order valence-electron chi connectivity index (χ2n) is 3.96. The van der Waals surface area contributed by atoms with Crippen LogP contribution in [0.4, 0.5) is 0 Å². The van der Waals surface area contributed by atoms with Gasteiger partial charge in [-0.15, -0.1) is 11.6 Å². The molecular formula is C15H16ClNO2. The van der Waals surface area contributed by atoms with Crippen molar-refractivity contribution in [3.8, 4) is 11.5 Å². The van der Waals surface area contributed by atoms with Gasteiger partial charge >= 0.3 is 0 Å². The van der Waals surface area contributed by atoms with Crippen molar-refractivity contribution in [2.24, 2.45) is 0 Å². The molecule has 0 atom stereocenters. The molecule has 1 aromatic carbocycles. The third-order valence-electron chi connectivity index (χ3n) is 2.64. The molecule has 1 aromatic heterocycles. The second-order valence-corrected chi connectivity index (χ2v) is 4.22. The molecule has 3 nitrogen and oxygen atoms in total. The predicted octanol–water partition coefficient (Wildman–Crippen LogP) is 3.80. The Morgan fingerprint density at radius 2 is 1.89 bits per heavy atom. The molecule has 0 radical (unpaired) electrons. The van der Waals surface area contributed by atoms with Crippen LogP contribution in [-0.4, -0.2) is 11.6 Å². The van der Waals surface area contributed by atoms with Crippen LogP contribution in [0.25, 0.3) is 0 Å². The van der Waals surface area contributed by atoms with Gasteiger partial charge in [-0.05, 0) is 30.7 Å². The Morgan fingerprint density at radius 3 is 2.58 bits per heavy atom. The number of rotatable bonds is 6. The van der Waals surface area contributed by atoms with Gasteiger partial charge in [-0.25, -0.2) is 0 Å². The average Bonchev–Trinajstić information content (AvgIpc) is 2.47. The summed E-state index contributed by atoms with van der Waals surface area (Å²) in [5.74, 6) is 1.85. The first-order valence-corrected chi connectivity index (χ1v) is 6.71. The quantitative estimate of drug-likeness (QED) is 0.753. The largest absolute Gasteiger partial charge is 0.490 e. The van der Waals surface area contributed by atoms with E-state index >= 15 is 0 Å². The second kappa shape index (κ2) is 7.00. The molecule has 0 aliphatic rings. The van der Waals surface area contributed by atoms with E-state index in [4.69, 9.17) is 21.1 Å². The first kappa shape index (κ1) is 13.7. The molecule has 0 bridgehead atoms.